The van der Waals surface area contributed by atoms with Gasteiger partial charge in [-0.1, -0.05) is 11.6 Å². The second-order valence-corrected chi connectivity index (χ2v) is 8.92. The Labute approximate surface area is 181 Å². The van der Waals surface area contributed by atoms with Crippen molar-refractivity contribution in [3.8, 4) is 11.4 Å². The van der Waals surface area contributed by atoms with Gasteiger partial charge >= 0.3 is 0 Å². The maximum atomic E-state index is 6.16. The first-order valence-corrected chi connectivity index (χ1v) is 11.0. The van der Waals surface area contributed by atoms with Crippen molar-refractivity contribution in [1.29, 1.82) is 0 Å². The molecule has 6 rings (SSSR count). The third-order valence-corrected chi connectivity index (χ3v) is 6.59. The third kappa shape index (κ3) is 3.28. The first-order chi connectivity index (χ1) is 14.7. The standard InChI is InChI=1S/C23H16ClN5S/c24-14-7-9-26-19(10-14)20-12-18-16(2-1-8-25-18)22(28-20)27-15-5-6-17-21(11-15)30-23(29-17)13-3-4-13/h1-2,5-13H,3-4H2,(H,27,28). The molecule has 0 aliphatic heterocycles. The monoisotopic (exact) mass is 429 g/mol. The first kappa shape index (κ1) is 17.7. The number of hydrogen-bond donors (Lipinski definition) is 1. The van der Waals surface area contributed by atoms with Gasteiger partial charge in [0.25, 0.3) is 0 Å². The molecule has 0 atom stereocenters. The normalized spacial score (nSPS) is 13.8. The summed E-state index contributed by atoms with van der Waals surface area (Å²) in [4.78, 5) is 18.6. The van der Waals surface area contributed by atoms with Gasteiger partial charge in [0.2, 0.25) is 0 Å². The molecule has 1 N–H and O–H groups in total. The van der Waals surface area contributed by atoms with Gasteiger partial charge < -0.3 is 5.32 Å². The molecule has 30 heavy (non-hydrogen) atoms. The molecular formula is C23H16ClN5S. The van der Waals surface area contributed by atoms with E-state index in [2.05, 4.69) is 27.4 Å². The molecule has 4 heterocycles. The van der Waals surface area contributed by atoms with E-state index < -0.39 is 0 Å². The molecule has 0 spiro atoms. The van der Waals surface area contributed by atoms with E-state index in [9.17, 15) is 0 Å². The minimum atomic E-state index is 0.625. The Hall–Kier alpha value is -3.09. The number of pyridine rings is 3. The zero-order valence-electron chi connectivity index (χ0n) is 15.8. The van der Waals surface area contributed by atoms with Crippen LogP contribution in [-0.4, -0.2) is 19.9 Å². The highest BCUT2D eigenvalue weighted by Gasteiger charge is 2.27. The topological polar surface area (TPSA) is 63.6 Å². The number of halogens is 1. The highest BCUT2D eigenvalue weighted by molar-refractivity contribution is 7.18. The van der Waals surface area contributed by atoms with E-state index in [1.54, 1.807) is 29.8 Å². The fourth-order valence-corrected chi connectivity index (χ4v) is 4.84. The Kier molecular flexibility index (Phi) is 4.14. The molecule has 1 fully saturated rings. The lowest BCUT2D eigenvalue weighted by Crippen LogP contribution is -1.98. The Morgan fingerprint density at radius 3 is 2.70 bits per heavy atom. The van der Waals surface area contributed by atoms with Gasteiger partial charge in [0.1, 0.15) is 5.82 Å². The molecule has 0 amide bonds. The predicted molar refractivity (Wildman–Crippen MR) is 123 cm³/mol. The molecule has 5 nitrogen and oxygen atoms in total. The second kappa shape index (κ2) is 7.00. The number of fused-ring (bicyclic) bond motifs is 2. The Balaban J connectivity index is 1.44. The van der Waals surface area contributed by atoms with Gasteiger partial charge in [-0.3, -0.25) is 9.97 Å². The summed E-state index contributed by atoms with van der Waals surface area (Å²) in [6, 6.07) is 15.7. The van der Waals surface area contributed by atoms with E-state index in [1.807, 2.05) is 30.3 Å². The average molecular weight is 430 g/mol. The number of hydrogen-bond acceptors (Lipinski definition) is 6. The van der Waals surface area contributed by atoms with Gasteiger partial charge in [-0.2, -0.15) is 0 Å². The highest BCUT2D eigenvalue weighted by atomic mass is 35.5. The fourth-order valence-electron chi connectivity index (χ4n) is 3.51. The summed E-state index contributed by atoms with van der Waals surface area (Å²) < 4.78 is 1.19. The Bertz CT molecular complexity index is 1410. The molecule has 0 radical (unpaired) electrons. The molecule has 5 aromatic rings. The van der Waals surface area contributed by atoms with Crippen molar-refractivity contribution in [1.82, 2.24) is 19.9 Å². The number of anilines is 2. The van der Waals surface area contributed by atoms with Crippen LogP contribution in [0.25, 0.3) is 32.5 Å². The lowest BCUT2D eigenvalue weighted by atomic mass is 10.1. The van der Waals surface area contributed by atoms with Gasteiger partial charge in [-0.15, -0.1) is 11.3 Å². The smallest absolute Gasteiger partial charge is 0.140 e. The summed E-state index contributed by atoms with van der Waals surface area (Å²) in [6.45, 7) is 0. The molecule has 1 aliphatic rings. The summed E-state index contributed by atoms with van der Waals surface area (Å²) in [5.74, 6) is 1.40. The number of nitrogens with zero attached hydrogens (tertiary/aromatic N) is 4. The average Bonchev–Trinajstić information content (AvgIpc) is 3.53. The predicted octanol–water partition coefficient (Wildman–Crippen LogP) is 6.58. The Morgan fingerprint density at radius 2 is 1.83 bits per heavy atom. The number of nitrogens with one attached hydrogen (secondary N) is 1. The van der Waals surface area contributed by atoms with Gasteiger partial charge in [0.15, 0.2) is 0 Å². The van der Waals surface area contributed by atoms with Crippen molar-refractivity contribution >= 4 is 55.6 Å². The molecule has 0 saturated heterocycles. The van der Waals surface area contributed by atoms with Crippen molar-refractivity contribution in [2.45, 2.75) is 18.8 Å². The van der Waals surface area contributed by atoms with Crippen LogP contribution < -0.4 is 5.32 Å². The van der Waals surface area contributed by atoms with Crippen LogP contribution in [0.15, 0.2) is 60.9 Å². The summed E-state index contributed by atoms with van der Waals surface area (Å²) in [6.07, 6.45) is 5.99. The lowest BCUT2D eigenvalue weighted by molar-refractivity contribution is 1.10. The summed E-state index contributed by atoms with van der Waals surface area (Å²) >= 11 is 7.95. The van der Waals surface area contributed by atoms with Crippen molar-refractivity contribution in [3.63, 3.8) is 0 Å². The van der Waals surface area contributed by atoms with Crippen LogP contribution in [0.3, 0.4) is 0 Å². The van der Waals surface area contributed by atoms with E-state index in [4.69, 9.17) is 21.6 Å². The molecule has 1 saturated carbocycles. The van der Waals surface area contributed by atoms with Crippen molar-refractivity contribution in [3.05, 3.63) is 71.0 Å². The van der Waals surface area contributed by atoms with Gasteiger partial charge in [-0.05, 0) is 61.4 Å². The third-order valence-electron chi connectivity index (χ3n) is 5.18. The number of rotatable bonds is 4. The van der Waals surface area contributed by atoms with Crippen molar-refractivity contribution in [2.75, 3.05) is 5.32 Å². The zero-order chi connectivity index (χ0) is 20.1. The minimum absolute atomic E-state index is 0.625. The maximum Gasteiger partial charge on any atom is 0.140 e. The summed E-state index contributed by atoms with van der Waals surface area (Å²) in [5, 5.41) is 6.31. The van der Waals surface area contributed by atoms with Crippen LogP contribution in [0.1, 0.15) is 23.8 Å². The molecular weight excluding hydrogens is 414 g/mol. The SMILES string of the molecule is Clc1ccnc(-c2cc3ncccc3c(Nc3ccc4nc(C5CC5)sc4c3)n2)c1. The molecule has 1 aliphatic carbocycles. The van der Waals surface area contributed by atoms with Crippen LogP contribution >= 0.6 is 22.9 Å². The van der Waals surface area contributed by atoms with Crippen LogP contribution in [0.5, 0.6) is 0 Å². The Morgan fingerprint density at radius 1 is 0.900 bits per heavy atom. The first-order valence-electron chi connectivity index (χ1n) is 9.78. The van der Waals surface area contributed by atoms with E-state index in [-0.39, 0.29) is 0 Å². The molecule has 1 aromatic carbocycles. The second-order valence-electron chi connectivity index (χ2n) is 7.42. The van der Waals surface area contributed by atoms with Crippen LogP contribution in [-0.2, 0) is 0 Å². The number of thiazole rings is 1. The number of aromatic nitrogens is 4. The maximum absolute atomic E-state index is 6.16. The quantitative estimate of drug-likeness (QED) is 0.349. The molecule has 0 bridgehead atoms. The van der Waals surface area contributed by atoms with E-state index in [1.165, 1.54) is 22.5 Å². The van der Waals surface area contributed by atoms with E-state index in [0.29, 0.717) is 16.6 Å². The van der Waals surface area contributed by atoms with Crippen LogP contribution in [0, 0.1) is 0 Å². The number of benzene rings is 1. The molecule has 146 valence electrons. The molecule has 7 heteroatoms. The van der Waals surface area contributed by atoms with Crippen molar-refractivity contribution in [2.24, 2.45) is 0 Å². The van der Waals surface area contributed by atoms with E-state index >= 15 is 0 Å². The largest absolute Gasteiger partial charge is 0.340 e. The van der Waals surface area contributed by atoms with Gasteiger partial charge in [0, 0.05) is 34.4 Å². The van der Waals surface area contributed by atoms with Crippen molar-refractivity contribution < 1.29 is 0 Å². The molecule has 4 aromatic heterocycles. The summed E-state index contributed by atoms with van der Waals surface area (Å²) in [7, 11) is 0. The van der Waals surface area contributed by atoms with Gasteiger partial charge in [-0.25, -0.2) is 9.97 Å². The minimum Gasteiger partial charge on any atom is -0.340 e. The van der Waals surface area contributed by atoms with E-state index in [0.717, 1.165) is 33.6 Å². The van der Waals surface area contributed by atoms with Crippen LogP contribution in [0.2, 0.25) is 5.02 Å². The zero-order valence-corrected chi connectivity index (χ0v) is 17.4. The highest BCUT2D eigenvalue weighted by Crippen LogP contribution is 2.43. The van der Waals surface area contributed by atoms with Crippen LogP contribution in [0.4, 0.5) is 11.5 Å². The lowest BCUT2D eigenvalue weighted by Gasteiger charge is -2.11. The molecule has 0 unspecified atom stereocenters. The summed E-state index contributed by atoms with van der Waals surface area (Å²) in [5.41, 5.74) is 4.32. The fraction of sp³-hybridized carbons (Fsp3) is 0.130. The van der Waals surface area contributed by atoms with Gasteiger partial charge in [0.05, 0.1) is 32.1 Å².